The molecule has 21 heavy (non-hydrogen) atoms. The summed E-state index contributed by atoms with van der Waals surface area (Å²) in [6.45, 7) is 5.56. The molecule has 1 heterocycles. The zero-order valence-corrected chi connectivity index (χ0v) is 12.9. The molecule has 1 aromatic heterocycles. The number of amides is 1. The largest absolute Gasteiger partial charge is 0.427 e. The third-order valence-corrected chi connectivity index (χ3v) is 5.36. The summed E-state index contributed by atoms with van der Waals surface area (Å²) < 4.78 is 5.05. The van der Waals surface area contributed by atoms with Crippen LogP contribution in [0, 0.1) is 31.6 Å². The molecule has 4 unspecified atom stereocenters. The van der Waals surface area contributed by atoms with Crippen molar-refractivity contribution in [1.29, 1.82) is 0 Å². The van der Waals surface area contributed by atoms with Crippen molar-refractivity contribution < 1.29 is 9.21 Å². The molecule has 2 saturated carbocycles. The van der Waals surface area contributed by atoms with Crippen LogP contribution in [0.2, 0.25) is 0 Å². The quantitative estimate of drug-likeness (QED) is 0.930. The summed E-state index contributed by atoms with van der Waals surface area (Å²) in [6.07, 6.45) is 5.26. The van der Waals surface area contributed by atoms with Gasteiger partial charge in [0.2, 0.25) is 0 Å². The van der Waals surface area contributed by atoms with Crippen LogP contribution in [0.25, 0.3) is 0 Å². The van der Waals surface area contributed by atoms with E-state index in [4.69, 9.17) is 4.42 Å². The standard InChI is InChI=1S/C17H23NO3/c1-9-6-15(19)21-11(3)16(9)17(20)18-10(2)14-8-12-4-5-13(14)7-12/h6,10,12-14H,4-5,7-8H2,1-3H3,(H,18,20). The fraction of sp³-hybridized carbons (Fsp3) is 0.647. The maximum atomic E-state index is 12.5. The molecule has 114 valence electrons. The van der Waals surface area contributed by atoms with Gasteiger partial charge in [0.15, 0.2) is 0 Å². The van der Waals surface area contributed by atoms with Crippen LogP contribution in [-0.4, -0.2) is 11.9 Å². The zero-order valence-electron chi connectivity index (χ0n) is 12.9. The minimum atomic E-state index is -0.400. The maximum absolute atomic E-state index is 12.5. The molecule has 0 aromatic carbocycles. The van der Waals surface area contributed by atoms with Gasteiger partial charge >= 0.3 is 5.63 Å². The third-order valence-electron chi connectivity index (χ3n) is 5.36. The smallest absolute Gasteiger partial charge is 0.336 e. The van der Waals surface area contributed by atoms with E-state index in [1.54, 1.807) is 13.8 Å². The molecule has 4 heteroatoms. The van der Waals surface area contributed by atoms with Gasteiger partial charge in [-0.3, -0.25) is 4.79 Å². The molecule has 0 aliphatic heterocycles. The number of carbonyl (C=O) groups excluding carboxylic acids is 1. The monoisotopic (exact) mass is 289 g/mol. The van der Waals surface area contributed by atoms with Crippen molar-refractivity contribution in [3.05, 3.63) is 33.4 Å². The van der Waals surface area contributed by atoms with Gasteiger partial charge in [0.05, 0.1) is 5.56 Å². The van der Waals surface area contributed by atoms with Gasteiger partial charge in [0, 0.05) is 12.1 Å². The lowest BCUT2D eigenvalue weighted by Crippen LogP contribution is -2.40. The molecule has 1 aromatic rings. The van der Waals surface area contributed by atoms with Gasteiger partial charge in [-0.2, -0.15) is 0 Å². The molecule has 1 amide bonds. The predicted molar refractivity (Wildman–Crippen MR) is 80.3 cm³/mol. The summed E-state index contributed by atoms with van der Waals surface area (Å²) in [6, 6.07) is 1.56. The second kappa shape index (κ2) is 5.32. The first-order valence-electron chi connectivity index (χ1n) is 7.88. The van der Waals surface area contributed by atoms with E-state index in [1.807, 2.05) is 0 Å². The zero-order chi connectivity index (χ0) is 15.1. The molecule has 0 radical (unpaired) electrons. The molecule has 1 N–H and O–H groups in total. The Morgan fingerprint density at radius 2 is 2.10 bits per heavy atom. The Hall–Kier alpha value is -1.58. The summed E-state index contributed by atoms with van der Waals surface area (Å²) in [5.74, 6) is 2.53. The number of hydrogen-bond acceptors (Lipinski definition) is 3. The van der Waals surface area contributed by atoms with Gasteiger partial charge in [0.1, 0.15) is 5.76 Å². The highest BCUT2D eigenvalue weighted by Crippen LogP contribution is 2.49. The van der Waals surface area contributed by atoms with E-state index in [0.717, 1.165) is 11.8 Å². The molecule has 0 spiro atoms. The van der Waals surface area contributed by atoms with Crippen molar-refractivity contribution in [1.82, 2.24) is 5.32 Å². The van der Waals surface area contributed by atoms with Crippen LogP contribution < -0.4 is 10.9 Å². The molecule has 2 aliphatic rings. The summed E-state index contributed by atoms with van der Waals surface area (Å²) in [5, 5.41) is 3.12. The summed E-state index contributed by atoms with van der Waals surface area (Å²) >= 11 is 0. The Labute approximate surface area is 124 Å². The molecule has 2 fully saturated rings. The van der Waals surface area contributed by atoms with Crippen LogP contribution in [0.1, 0.15) is 54.3 Å². The van der Waals surface area contributed by atoms with E-state index in [-0.39, 0.29) is 11.9 Å². The number of nitrogens with one attached hydrogen (secondary N) is 1. The minimum Gasteiger partial charge on any atom is -0.427 e. The van der Waals surface area contributed by atoms with Crippen molar-refractivity contribution in [3.8, 4) is 0 Å². The van der Waals surface area contributed by atoms with E-state index >= 15 is 0 Å². The Bertz CT molecular complexity index is 593. The van der Waals surface area contributed by atoms with E-state index in [0.29, 0.717) is 22.8 Å². The number of fused-ring (bicyclic) bond motifs is 2. The first-order valence-corrected chi connectivity index (χ1v) is 7.88. The first-order chi connectivity index (χ1) is 9.95. The Morgan fingerprint density at radius 3 is 2.67 bits per heavy atom. The highest BCUT2D eigenvalue weighted by atomic mass is 16.4. The van der Waals surface area contributed by atoms with Crippen LogP contribution in [0.4, 0.5) is 0 Å². The van der Waals surface area contributed by atoms with Gasteiger partial charge in [-0.1, -0.05) is 6.42 Å². The second-order valence-corrected chi connectivity index (χ2v) is 6.78. The van der Waals surface area contributed by atoms with Gasteiger partial charge < -0.3 is 9.73 Å². The number of hydrogen-bond donors (Lipinski definition) is 1. The van der Waals surface area contributed by atoms with E-state index < -0.39 is 5.63 Å². The molecule has 2 bridgehead atoms. The van der Waals surface area contributed by atoms with Crippen molar-refractivity contribution >= 4 is 5.91 Å². The SMILES string of the molecule is Cc1cc(=O)oc(C)c1C(=O)NC(C)C1CC2CCC1C2. The molecule has 2 aliphatic carbocycles. The predicted octanol–water partition coefficient (Wildman–Crippen LogP) is 2.81. The fourth-order valence-electron chi connectivity index (χ4n) is 4.39. The minimum absolute atomic E-state index is 0.121. The van der Waals surface area contributed by atoms with Gasteiger partial charge in [-0.25, -0.2) is 4.79 Å². The lowest BCUT2D eigenvalue weighted by molar-refractivity contribution is 0.0911. The summed E-state index contributed by atoms with van der Waals surface area (Å²) in [7, 11) is 0. The molecule has 4 atom stereocenters. The normalized spacial score (nSPS) is 28.6. The Balaban J connectivity index is 1.73. The van der Waals surface area contributed by atoms with E-state index in [1.165, 1.54) is 31.7 Å². The van der Waals surface area contributed by atoms with Crippen molar-refractivity contribution in [2.75, 3.05) is 0 Å². The van der Waals surface area contributed by atoms with Gasteiger partial charge in [0.25, 0.3) is 5.91 Å². The van der Waals surface area contributed by atoms with Crippen LogP contribution >= 0.6 is 0 Å². The lowest BCUT2D eigenvalue weighted by atomic mass is 9.84. The Kier molecular flexibility index (Phi) is 3.64. The van der Waals surface area contributed by atoms with E-state index in [2.05, 4.69) is 12.2 Å². The summed E-state index contributed by atoms with van der Waals surface area (Å²) in [4.78, 5) is 23.8. The Morgan fingerprint density at radius 1 is 1.33 bits per heavy atom. The average Bonchev–Trinajstić information content (AvgIpc) is 2.99. The van der Waals surface area contributed by atoms with Crippen LogP contribution in [0.15, 0.2) is 15.3 Å². The van der Waals surface area contributed by atoms with Gasteiger partial charge in [-0.05, 0) is 63.4 Å². The topological polar surface area (TPSA) is 59.3 Å². The second-order valence-electron chi connectivity index (χ2n) is 6.78. The molecule has 0 saturated heterocycles. The first kappa shape index (κ1) is 14.4. The van der Waals surface area contributed by atoms with Crippen LogP contribution in [0.3, 0.4) is 0 Å². The van der Waals surface area contributed by atoms with Crippen molar-refractivity contribution in [3.63, 3.8) is 0 Å². The lowest BCUT2D eigenvalue weighted by Gasteiger charge is -2.28. The molecular weight excluding hydrogens is 266 g/mol. The maximum Gasteiger partial charge on any atom is 0.336 e. The van der Waals surface area contributed by atoms with E-state index in [9.17, 15) is 9.59 Å². The van der Waals surface area contributed by atoms with Crippen LogP contribution in [-0.2, 0) is 0 Å². The number of aryl methyl sites for hydroxylation is 2. The summed E-state index contributed by atoms with van der Waals surface area (Å²) in [5.41, 5.74) is 0.786. The number of rotatable bonds is 3. The van der Waals surface area contributed by atoms with Crippen molar-refractivity contribution in [2.45, 2.75) is 52.5 Å². The van der Waals surface area contributed by atoms with Gasteiger partial charge in [-0.15, -0.1) is 0 Å². The highest BCUT2D eigenvalue weighted by molar-refractivity contribution is 5.96. The fourth-order valence-corrected chi connectivity index (χ4v) is 4.39. The number of carbonyl (C=O) groups is 1. The molecular formula is C17H23NO3. The molecule has 3 rings (SSSR count). The highest BCUT2D eigenvalue weighted by Gasteiger charge is 2.42. The van der Waals surface area contributed by atoms with Crippen LogP contribution in [0.5, 0.6) is 0 Å². The van der Waals surface area contributed by atoms with Crippen molar-refractivity contribution in [2.24, 2.45) is 17.8 Å². The third kappa shape index (κ3) is 2.63. The molecule has 4 nitrogen and oxygen atoms in total. The average molecular weight is 289 g/mol.